The van der Waals surface area contributed by atoms with E-state index in [1.807, 2.05) is 17.9 Å². The third kappa shape index (κ3) is 5.76. The molecule has 32 heavy (non-hydrogen) atoms. The molecule has 0 saturated carbocycles. The van der Waals surface area contributed by atoms with Gasteiger partial charge >= 0.3 is 6.03 Å². The molecule has 4 rings (SSSR count). The Labute approximate surface area is 191 Å². The monoisotopic (exact) mass is 436 g/mol. The SMILES string of the molecule is Cc1cc(N2CCN(C(=O)NCc3ccc(CN4CCCC4)cc3)CC2)nc(C(C)C)n1. The molecule has 2 amide bonds. The van der Waals surface area contributed by atoms with Crippen LogP contribution in [0.5, 0.6) is 0 Å². The number of likely N-dealkylation sites (tertiary alicyclic amines) is 1. The van der Waals surface area contributed by atoms with Gasteiger partial charge in [-0.25, -0.2) is 14.8 Å². The Kier molecular flexibility index (Phi) is 7.25. The number of benzene rings is 1. The quantitative estimate of drug-likeness (QED) is 0.750. The second-order valence-corrected chi connectivity index (χ2v) is 9.31. The number of hydrogen-bond donors (Lipinski definition) is 1. The Morgan fingerprint density at radius 3 is 2.28 bits per heavy atom. The lowest BCUT2D eigenvalue weighted by Gasteiger charge is -2.35. The van der Waals surface area contributed by atoms with E-state index in [-0.39, 0.29) is 6.03 Å². The lowest BCUT2D eigenvalue weighted by atomic mass is 10.1. The first-order valence-electron chi connectivity index (χ1n) is 11.9. The van der Waals surface area contributed by atoms with Crippen molar-refractivity contribution in [2.24, 2.45) is 0 Å². The van der Waals surface area contributed by atoms with E-state index in [4.69, 9.17) is 4.98 Å². The minimum atomic E-state index is 0.00697. The Hall–Kier alpha value is -2.67. The standard InChI is InChI=1S/C25H36N6O/c1-19(2)24-27-20(3)16-23(28-24)30-12-14-31(15-13-30)25(32)26-17-21-6-8-22(9-7-21)18-29-10-4-5-11-29/h6-9,16,19H,4-5,10-15,17-18H2,1-3H3,(H,26,32). The van der Waals surface area contributed by atoms with E-state index in [0.29, 0.717) is 25.6 Å². The summed E-state index contributed by atoms with van der Waals surface area (Å²) in [6.45, 7) is 13.2. The highest BCUT2D eigenvalue weighted by atomic mass is 16.2. The summed E-state index contributed by atoms with van der Waals surface area (Å²) in [5, 5.41) is 3.08. The predicted molar refractivity (Wildman–Crippen MR) is 128 cm³/mol. The molecule has 0 unspecified atom stereocenters. The minimum absolute atomic E-state index is 0.00697. The van der Waals surface area contributed by atoms with Gasteiger partial charge in [0.2, 0.25) is 0 Å². The molecule has 3 heterocycles. The van der Waals surface area contributed by atoms with Gasteiger partial charge in [0, 0.05) is 56.9 Å². The number of hydrogen-bond acceptors (Lipinski definition) is 5. The molecule has 1 N–H and O–H groups in total. The second-order valence-electron chi connectivity index (χ2n) is 9.31. The van der Waals surface area contributed by atoms with Crippen LogP contribution in [0.15, 0.2) is 30.3 Å². The van der Waals surface area contributed by atoms with Crippen LogP contribution in [0.2, 0.25) is 0 Å². The molecule has 0 radical (unpaired) electrons. The summed E-state index contributed by atoms with van der Waals surface area (Å²) in [5.74, 6) is 2.15. The van der Waals surface area contributed by atoms with E-state index in [1.165, 1.54) is 31.5 Å². The first-order chi connectivity index (χ1) is 15.5. The van der Waals surface area contributed by atoms with Crippen LogP contribution < -0.4 is 10.2 Å². The molecule has 2 aliphatic heterocycles. The summed E-state index contributed by atoms with van der Waals surface area (Å²) in [7, 11) is 0. The molecule has 0 aliphatic carbocycles. The molecule has 2 aromatic rings. The molecule has 7 heteroatoms. The van der Waals surface area contributed by atoms with Crippen molar-refractivity contribution >= 4 is 11.8 Å². The number of rotatable bonds is 6. The number of urea groups is 1. The molecule has 0 atom stereocenters. The van der Waals surface area contributed by atoms with Gasteiger partial charge in [-0.2, -0.15) is 0 Å². The van der Waals surface area contributed by atoms with Crippen molar-refractivity contribution in [3.05, 3.63) is 53.0 Å². The summed E-state index contributed by atoms with van der Waals surface area (Å²) in [5.41, 5.74) is 3.48. The molecular formula is C25H36N6O. The fourth-order valence-corrected chi connectivity index (χ4v) is 4.38. The zero-order chi connectivity index (χ0) is 22.5. The molecule has 2 fully saturated rings. The first-order valence-corrected chi connectivity index (χ1v) is 11.9. The van der Waals surface area contributed by atoms with Crippen LogP contribution in [0.3, 0.4) is 0 Å². The Morgan fingerprint density at radius 1 is 0.969 bits per heavy atom. The lowest BCUT2D eigenvalue weighted by Crippen LogP contribution is -2.52. The molecule has 1 aromatic carbocycles. The van der Waals surface area contributed by atoms with Crippen molar-refractivity contribution in [1.82, 2.24) is 25.1 Å². The highest BCUT2D eigenvalue weighted by Gasteiger charge is 2.22. The van der Waals surface area contributed by atoms with E-state index in [2.05, 4.69) is 58.2 Å². The van der Waals surface area contributed by atoms with E-state index in [1.54, 1.807) is 0 Å². The Morgan fingerprint density at radius 2 is 1.62 bits per heavy atom. The van der Waals surface area contributed by atoms with Crippen LogP contribution in [-0.2, 0) is 13.1 Å². The van der Waals surface area contributed by atoms with Crippen molar-refractivity contribution in [2.75, 3.05) is 44.2 Å². The largest absolute Gasteiger partial charge is 0.353 e. The zero-order valence-corrected chi connectivity index (χ0v) is 19.7. The molecule has 2 saturated heterocycles. The van der Waals surface area contributed by atoms with Crippen LogP contribution in [-0.4, -0.2) is 65.1 Å². The summed E-state index contributed by atoms with van der Waals surface area (Å²) in [6.07, 6.45) is 2.63. The van der Waals surface area contributed by atoms with Crippen molar-refractivity contribution in [3.8, 4) is 0 Å². The van der Waals surface area contributed by atoms with Crippen LogP contribution in [0, 0.1) is 6.92 Å². The second kappa shape index (κ2) is 10.3. The molecule has 0 bridgehead atoms. The Bertz CT molecular complexity index is 899. The van der Waals surface area contributed by atoms with Gasteiger partial charge in [0.1, 0.15) is 11.6 Å². The number of nitrogens with one attached hydrogen (secondary N) is 1. The highest BCUT2D eigenvalue weighted by Crippen LogP contribution is 2.19. The summed E-state index contributed by atoms with van der Waals surface area (Å²) in [6, 6.07) is 10.7. The smallest absolute Gasteiger partial charge is 0.317 e. The fourth-order valence-electron chi connectivity index (χ4n) is 4.38. The van der Waals surface area contributed by atoms with Gasteiger partial charge in [0.15, 0.2) is 0 Å². The van der Waals surface area contributed by atoms with Gasteiger partial charge in [-0.05, 0) is 44.0 Å². The maximum Gasteiger partial charge on any atom is 0.317 e. The van der Waals surface area contributed by atoms with Gasteiger partial charge in [-0.3, -0.25) is 4.90 Å². The maximum absolute atomic E-state index is 12.7. The number of piperazine rings is 1. The number of carbonyl (C=O) groups excluding carboxylic acids is 1. The highest BCUT2D eigenvalue weighted by molar-refractivity contribution is 5.74. The maximum atomic E-state index is 12.7. The molecular weight excluding hydrogens is 400 g/mol. The van der Waals surface area contributed by atoms with Gasteiger partial charge in [0.25, 0.3) is 0 Å². The van der Waals surface area contributed by atoms with Crippen LogP contribution in [0.1, 0.15) is 55.3 Å². The summed E-state index contributed by atoms with van der Waals surface area (Å²) in [4.78, 5) is 28.6. The van der Waals surface area contributed by atoms with Gasteiger partial charge in [0.05, 0.1) is 0 Å². The molecule has 0 spiro atoms. The zero-order valence-electron chi connectivity index (χ0n) is 19.7. The summed E-state index contributed by atoms with van der Waals surface area (Å²) < 4.78 is 0. The summed E-state index contributed by atoms with van der Waals surface area (Å²) >= 11 is 0. The number of aryl methyl sites for hydroxylation is 1. The van der Waals surface area contributed by atoms with E-state index in [0.717, 1.165) is 42.5 Å². The van der Waals surface area contributed by atoms with Crippen LogP contribution in [0.25, 0.3) is 0 Å². The number of nitrogens with zero attached hydrogens (tertiary/aromatic N) is 5. The van der Waals surface area contributed by atoms with Gasteiger partial charge in [-0.15, -0.1) is 0 Å². The molecule has 172 valence electrons. The fraction of sp³-hybridized carbons (Fsp3) is 0.560. The van der Waals surface area contributed by atoms with E-state index >= 15 is 0 Å². The van der Waals surface area contributed by atoms with E-state index in [9.17, 15) is 4.79 Å². The lowest BCUT2D eigenvalue weighted by molar-refractivity contribution is 0.194. The van der Waals surface area contributed by atoms with Gasteiger partial charge < -0.3 is 15.1 Å². The molecule has 2 aliphatic rings. The van der Waals surface area contributed by atoms with Crippen LogP contribution >= 0.6 is 0 Å². The third-order valence-corrected chi connectivity index (χ3v) is 6.34. The number of anilines is 1. The van der Waals surface area contributed by atoms with Crippen LogP contribution in [0.4, 0.5) is 10.6 Å². The molecule has 1 aromatic heterocycles. The Balaban J connectivity index is 1.24. The normalized spacial score (nSPS) is 17.2. The average molecular weight is 437 g/mol. The first kappa shape index (κ1) is 22.5. The molecule has 7 nitrogen and oxygen atoms in total. The van der Waals surface area contributed by atoms with Crippen molar-refractivity contribution < 1.29 is 4.79 Å². The number of aromatic nitrogens is 2. The van der Waals surface area contributed by atoms with E-state index < -0.39 is 0 Å². The minimum Gasteiger partial charge on any atom is -0.353 e. The predicted octanol–water partition coefficient (Wildman–Crippen LogP) is 3.54. The van der Waals surface area contributed by atoms with Crippen molar-refractivity contribution in [1.29, 1.82) is 0 Å². The average Bonchev–Trinajstić information content (AvgIpc) is 3.31. The van der Waals surface area contributed by atoms with Crippen molar-refractivity contribution in [3.63, 3.8) is 0 Å². The number of amides is 2. The van der Waals surface area contributed by atoms with Gasteiger partial charge in [-0.1, -0.05) is 38.1 Å². The topological polar surface area (TPSA) is 64.6 Å². The third-order valence-electron chi connectivity index (χ3n) is 6.34. The number of carbonyl (C=O) groups is 1. The van der Waals surface area contributed by atoms with Crippen molar-refractivity contribution in [2.45, 2.75) is 52.6 Å².